The first-order chi connectivity index (χ1) is 9.88. The molecule has 4 nitrogen and oxygen atoms in total. The highest BCUT2D eigenvalue weighted by Gasteiger charge is 2.15. The second kappa shape index (κ2) is 6.03. The smallest absolute Gasteiger partial charge is 0.348 e. The van der Waals surface area contributed by atoms with Gasteiger partial charge in [-0.1, -0.05) is 10.6 Å². The topological polar surface area (TPSA) is 69.2 Å². The van der Waals surface area contributed by atoms with Crippen molar-refractivity contribution in [2.45, 2.75) is 0 Å². The van der Waals surface area contributed by atoms with Crippen molar-refractivity contribution in [1.29, 1.82) is 0 Å². The van der Waals surface area contributed by atoms with Crippen LogP contribution < -0.4 is 15.5 Å². The predicted octanol–water partition coefficient (Wildman–Crippen LogP) is 2.08. The molecule has 0 aliphatic rings. The summed E-state index contributed by atoms with van der Waals surface area (Å²) in [5.41, 5.74) is -0.301. The van der Waals surface area contributed by atoms with Crippen molar-refractivity contribution in [3.05, 3.63) is 59.4 Å². The zero-order chi connectivity index (χ0) is 15.6. The lowest BCUT2D eigenvalue weighted by Gasteiger charge is -2.06. The molecule has 1 atom stereocenters. The second-order valence-electron chi connectivity index (χ2n) is 4.02. The Morgan fingerprint density at radius 1 is 1.10 bits per heavy atom. The van der Waals surface area contributed by atoms with Crippen LogP contribution >= 0.6 is 8.03 Å². The summed E-state index contributed by atoms with van der Waals surface area (Å²) in [7, 11) is -2.86. The van der Waals surface area contributed by atoms with E-state index in [1.165, 1.54) is 18.2 Å². The van der Waals surface area contributed by atoms with Crippen molar-refractivity contribution >= 4 is 24.9 Å². The Bertz CT molecular complexity index is 713. The molecule has 1 N–H and O–H groups in total. The van der Waals surface area contributed by atoms with Gasteiger partial charge in [0.2, 0.25) is 0 Å². The number of nitrogens with one attached hydrogen (secondary N) is 1. The monoisotopic (exact) mass is 313 g/mol. The fraction of sp³-hybridized carbons (Fsp3) is 0. The van der Waals surface area contributed by atoms with E-state index in [1.807, 2.05) is 0 Å². The molecule has 0 heterocycles. The van der Waals surface area contributed by atoms with Gasteiger partial charge in [-0.3, -0.25) is 4.79 Å². The quantitative estimate of drug-likeness (QED) is 0.697. The molecule has 0 radical (unpaired) electrons. The number of carbonyl (C=O) groups excluding carboxylic acids is 1. The molecule has 0 aromatic heterocycles. The minimum absolute atomic E-state index is 0.0168. The van der Waals surface area contributed by atoms with Crippen molar-refractivity contribution in [2.24, 2.45) is 0 Å². The number of benzene rings is 2. The van der Waals surface area contributed by atoms with E-state index in [0.717, 1.165) is 6.07 Å². The molecule has 8 heteroatoms. The predicted molar refractivity (Wildman–Crippen MR) is 68.0 cm³/mol. The van der Waals surface area contributed by atoms with Crippen LogP contribution in [0, 0.1) is 17.5 Å². The summed E-state index contributed by atoms with van der Waals surface area (Å²) in [6.45, 7) is 0. The van der Waals surface area contributed by atoms with Crippen LogP contribution in [-0.2, 0) is 4.57 Å². The molecule has 21 heavy (non-hydrogen) atoms. The lowest BCUT2D eigenvalue weighted by Crippen LogP contribution is -2.15. The van der Waals surface area contributed by atoms with Crippen LogP contribution in [0.5, 0.6) is 0 Å². The molecular weight excluding hydrogens is 306 g/mol. The Hall–Kier alpha value is -2.24. The minimum Gasteiger partial charge on any atom is -0.591 e. The Morgan fingerprint density at radius 2 is 1.71 bits per heavy atom. The number of halogens is 3. The maximum atomic E-state index is 13.0. The van der Waals surface area contributed by atoms with Crippen LogP contribution in [0.25, 0.3) is 0 Å². The molecule has 0 saturated carbocycles. The van der Waals surface area contributed by atoms with Gasteiger partial charge >= 0.3 is 8.03 Å². The number of hydrogen-bond acceptors (Lipinski definition) is 3. The van der Waals surface area contributed by atoms with Crippen molar-refractivity contribution < 1.29 is 27.4 Å². The molecule has 2 rings (SSSR count). The fourth-order valence-corrected chi connectivity index (χ4v) is 2.04. The van der Waals surface area contributed by atoms with Crippen LogP contribution in [-0.4, -0.2) is 5.91 Å². The molecule has 108 valence electrons. The first-order valence-electron chi connectivity index (χ1n) is 5.59. The summed E-state index contributed by atoms with van der Waals surface area (Å²) in [4.78, 5) is 22.7. The summed E-state index contributed by atoms with van der Waals surface area (Å²) in [6, 6.07) is 6.31. The summed E-state index contributed by atoms with van der Waals surface area (Å²) >= 11 is 0. The third kappa shape index (κ3) is 3.45. The van der Waals surface area contributed by atoms with Crippen LogP contribution in [0.1, 0.15) is 10.4 Å². The Kier molecular flexibility index (Phi) is 4.35. The van der Waals surface area contributed by atoms with Gasteiger partial charge in [0.05, 0.1) is 0 Å². The number of hydrogen-bond donors (Lipinski definition) is 1. The number of carbonyl (C=O) groups is 1. The molecule has 2 aromatic carbocycles. The number of rotatable bonds is 3. The van der Waals surface area contributed by atoms with Gasteiger partial charge in [-0.15, -0.1) is 0 Å². The number of anilines is 1. The molecule has 0 aliphatic heterocycles. The number of amides is 1. The lowest BCUT2D eigenvalue weighted by molar-refractivity contribution is -0.160. The van der Waals surface area contributed by atoms with Gasteiger partial charge in [0, 0.05) is 29.4 Å². The van der Waals surface area contributed by atoms with E-state index >= 15 is 0 Å². The van der Waals surface area contributed by atoms with Gasteiger partial charge in [0.15, 0.2) is 22.8 Å². The summed E-state index contributed by atoms with van der Waals surface area (Å²) in [6.07, 6.45) is 0. The molecular formula is C13H7F3NO3P. The molecule has 0 fully saturated rings. The third-order valence-electron chi connectivity index (χ3n) is 2.56. The SMILES string of the molecule is O=C(Nc1cc(F)c(F)c(F)c1)c1cccc([P+](=O)[O-])c1. The fourth-order valence-electron chi connectivity index (χ4n) is 1.59. The van der Waals surface area contributed by atoms with Crippen molar-refractivity contribution in [2.75, 3.05) is 5.32 Å². The average Bonchev–Trinajstić information content (AvgIpc) is 2.44. The van der Waals surface area contributed by atoms with E-state index in [-0.39, 0.29) is 16.6 Å². The van der Waals surface area contributed by atoms with Crippen molar-refractivity contribution in [3.8, 4) is 0 Å². The van der Waals surface area contributed by atoms with Gasteiger partial charge in [-0.05, 0) is 12.1 Å². The van der Waals surface area contributed by atoms with E-state index in [4.69, 9.17) is 0 Å². The van der Waals surface area contributed by atoms with Gasteiger partial charge in [-0.2, -0.15) is 0 Å². The molecule has 0 spiro atoms. The normalized spacial score (nSPS) is 11.1. The molecule has 1 amide bonds. The van der Waals surface area contributed by atoms with Gasteiger partial charge in [0.1, 0.15) is 0 Å². The Balaban J connectivity index is 2.26. The van der Waals surface area contributed by atoms with Crippen LogP contribution in [0.15, 0.2) is 36.4 Å². The molecule has 0 saturated heterocycles. The van der Waals surface area contributed by atoms with E-state index in [0.29, 0.717) is 12.1 Å². The Labute approximate surface area is 118 Å². The maximum absolute atomic E-state index is 13.0. The third-order valence-corrected chi connectivity index (χ3v) is 3.26. The van der Waals surface area contributed by atoms with Crippen LogP contribution in [0.3, 0.4) is 0 Å². The van der Waals surface area contributed by atoms with Crippen LogP contribution in [0.4, 0.5) is 18.9 Å². The second-order valence-corrected chi connectivity index (χ2v) is 5.05. The first kappa shape index (κ1) is 15.2. The maximum Gasteiger partial charge on any atom is 0.348 e. The van der Waals surface area contributed by atoms with Crippen LogP contribution in [0.2, 0.25) is 0 Å². The van der Waals surface area contributed by atoms with Gasteiger partial charge in [-0.25, -0.2) is 13.2 Å². The van der Waals surface area contributed by atoms with E-state index < -0.39 is 31.4 Å². The summed E-state index contributed by atoms with van der Waals surface area (Å²) < 4.78 is 49.6. The highest BCUT2D eigenvalue weighted by molar-refractivity contribution is 7.45. The standard InChI is InChI=1S/C13H7F3NO3P/c14-10-5-8(6-11(15)12(10)16)17-13(18)7-2-1-3-9(4-7)21(19)20/h1-6H,(H,17,18). The van der Waals surface area contributed by atoms with Gasteiger partial charge in [0.25, 0.3) is 5.91 Å². The first-order valence-corrected chi connectivity index (χ1v) is 6.76. The highest BCUT2D eigenvalue weighted by Crippen LogP contribution is 2.18. The average molecular weight is 313 g/mol. The largest absolute Gasteiger partial charge is 0.591 e. The lowest BCUT2D eigenvalue weighted by atomic mass is 10.2. The zero-order valence-corrected chi connectivity index (χ0v) is 11.2. The molecule has 2 aromatic rings. The van der Waals surface area contributed by atoms with E-state index in [9.17, 15) is 27.4 Å². The highest BCUT2D eigenvalue weighted by atomic mass is 31.1. The molecule has 1 unspecified atom stereocenters. The van der Waals surface area contributed by atoms with Crippen molar-refractivity contribution in [3.63, 3.8) is 0 Å². The van der Waals surface area contributed by atoms with E-state index in [2.05, 4.69) is 5.32 Å². The Morgan fingerprint density at radius 3 is 2.29 bits per heavy atom. The minimum atomic E-state index is -2.86. The van der Waals surface area contributed by atoms with Crippen molar-refractivity contribution in [1.82, 2.24) is 0 Å². The summed E-state index contributed by atoms with van der Waals surface area (Å²) in [5, 5.41) is 2.08. The molecule has 0 aliphatic carbocycles. The van der Waals surface area contributed by atoms with E-state index in [1.54, 1.807) is 0 Å². The summed E-state index contributed by atoms with van der Waals surface area (Å²) in [5.74, 6) is -5.30. The van der Waals surface area contributed by atoms with Gasteiger partial charge < -0.3 is 10.2 Å². The molecule has 0 bridgehead atoms. The zero-order valence-electron chi connectivity index (χ0n) is 10.3.